The van der Waals surface area contributed by atoms with E-state index in [0.29, 0.717) is 11.0 Å². The summed E-state index contributed by atoms with van der Waals surface area (Å²) in [5.41, 5.74) is 1.17. The van der Waals surface area contributed by atoms with E-state index in [1.54, 1.807) is 18.3 Å². The Kier molecular flexibility index (Phi) is 2.59. The van der Waals surface area contributed by atoms with Gasteiger partial charge in [0.2, 0.25) is 0 Å². The molecule has 0 aromatic carbocycles. The number of nitrogens with zero attached hydrogens (tertiary/aromatic N) is 2. The van der Waals surface area contributed by atoms with Gasteiger partial charge in [-0.05, 0) is 36.8 Å². The second kappa shape index (κ2) is 3.90. The molecule has 2 rings (SSSR count). The first-order valence-corrected chi connectivity index (χ1v) is 5.38. The third-order valence-corrected chi connectivity index (χ3v) is 3.24. The third-order valence-electron chi connectivity index (χ3n) is 3.24. The SMILES string of the molecule is CCC1(CNc2cc(C#N)ccn2)CC1. The van der Waals surface area contributed by atoms with Crippen LogP contribution in [0.5, 0.6) is 0 Å². The fourth-order valence-electron chi connectivity index (χ4n) is 1.71. The van der Waals surface area contributed by atoms with E-state index in [9.17, 15) is 0 Å². The number of nitrogens with one attached hydrogen (secondary N) is 1. The highest BCUT2D eigenvalue weighted by Gasteiger charge is 2.40. The van der Waals surface area contributed by atoms with Crippen LogP contribution in [0.25, 0.3) is 0 Å². The van der Waals surface area contributed by atoms with Crippen LogP contribution in [-0.4, -0.2) is 11.5 Å². The normalized spacial score (nSPS) is 16.8. The molecule has 0 radical (unpaired) electrons. The fourth-order valence-corrected chi connectivity index (χ4v) is 1.71. The number of hydrogen-bond acceptors (Lipinski definition) is 3. The second-order valence-corrected chi connectivity index (χ2v) is 4.25. The van der Waals surface area contributed by atoms with Crippen LogP contribution in [0.4, 0.5) is 5.82 Å². The first kappa shape index (κ1) is 9.97. The number of nitriles is 1. The van der Waals surface area contributed by atoms with E-state index in [0.717, 1.165) is 12.4 Å². The Labute approximate surface area is 90.1 Å². The molecule has 3 heteroatoms. The van der Waals surface area contributed by atoms with Gasteiger partial charge in [0.05, 0.1) is 11.6 Å². The topological polar surface area (TPSA) is 48.7 Å². The largest absolute Gasteiger partial charge is 0.369 e. The molecule has 1 fully saturated rings. The first-order valence-electron chi connectivity index (χ1n) is 5.38. The van der Waals surface area contributed by atoms with Crippen molar-refractivity contribution in [2.24, 2.45) is 5.41 Å². The van der Waals surface area contributed by atoms with Crippen molar-refractivity contribution >= 4 is 5.82 Å². The van der Waals surface area contributed by atoms with Crippen LogP contribution in [-0.2, 0) is 0 Å². The Morgan fingerprint density at radius 1 is 1.60 bits per heavy atom. The molecule has 1 aliphatic carbocycles. The monoisotopic (exact) mass is 201 g/mol. The van der Waals surface area contributed by atoms with Gasteiger partial charge in [-0.2, -0.15) is 5.26 Å². The van der Waals surface area contributed by atoms with Gasteiger partial charge in [0, 0.05) is 12.7 Å². The highest BCUT2D eigenvalue weighted by atomic mass is 15.0. The molecule has 1 heterocycles. The molecule has 0 spiro atoms. The van der Waals surface area contributed by atoms with Gasteiger partial charge in [0.25, 0.3) is 0 Å². The molecule has 0 unspecified atom stereocenters. The van der Waals surface area contributed by atoms with Crippen molar-refractivity contribution in [1.82, 2.24) is 4.98 Å². The molecule has 15 heavy (non-hydrogen) atoms. The van der Waals surface area contributed by atoms with Gasteiger partial charge >= 0.3 is 0 Å². The van der Waals surface area contributed by atoms with Gasteiger partial charge in [-0.15, -0.1) is 0 Å². The second-order valence-electron chi connectivity index (χ2n) is 4.25. The maximum Gasteiger partial charge on any atom is 0.127 e. The summed E-state index contributed by atoms with van der Waals surface area (Å²) in [6.07, 6.45) is 5.52. The Morgan fingerprint density at radius 3 is 3.00 bits per heavy atom. The summed E-state index contributed by atoms with van der Waals surface area (Å²) in [5, 5.41) is 12.1. The van der Waals surface area contributed by atoms with Crippen LogP contribution in [0.15, 0.2) is 18.3 Å². The average molecular weight is 201 g/mol. The maximum atomic E-state index is 8.74. The van der Waals surface area contributed by atoms with Crippen molar-refractivity contribution in [1.29, 1.82) is 5.26 Å². The van der Waals surface area contributed by atoms with Gasteiger partial charge < -0.3 is 5.32 Å². The van der Waals surface area contributed by atoms with Gasteiger partial charge in [0.15, 0.2) is 0 Å². The molecule has 78 valence electrons. The molecule has 0 amide bonds. The Balaban J connectivity index is 1.96. The number of anilines is 1. The quantitative estimate of drug-likeness (QED) is 0.814. The first-order chi connectivity index (χ1) is 7.28. The van der Waals surface area contributed by atoms with Crippen LogP contribution < -0.4 is 5.32 Å². The Hall–Kier alpha value is -1.56. The van der Waals surface area contributed by atoms with Gasteiger partial charge in [-0.25, -0.2) is 4.98 Å². The van der Waals surface area contributed by atoms with Crippen molar-refractivity contribution < 1.29 is 0 Å². The van der Waals surface area contributed by atoms with Crippen LogP contribution in [0.2, 0.25) is 0 Å². The summed E-state index contributed by atoms with van der Waals surface area (Å²) in [5.74, 6) is 0.814. The van der Waals surface area contributed by atoms with Crippen LogP contribution in [0.3, 0.4) is 0 Å². The number of rotatable bonds is 4. The van der Waals surface area contributed by atoms with Gasteiger partial charge in [0.1, 0.15) is 5.82 Å². The number of hydrogen-bond donors (Lipinski definition) is 1. The molecule has 3 nitrogen and oxygen atoms in total. The zero-order valence-corrected chi connectivity index (χ0v) is 8.95. The molecule has 1 aromatic heterocycles. The summed E-state index contributed by atoms with van der Waals surface area (Å²) in [6, 6.07) is 5.63. The van der Waals surface area contributed by atoms with Crippen LogP contribution >= 0.6 is 0 Å². The lowest BCUT2D eigenvalue weighted by atomic mass is 10.0. The maximum absolute atomic E-state index is 8.74. The highest BCUT2D eigenvalue weighted by Crippen LogP contribution is 2.48. The molecule has 0 aliphatic heterocycles. The van der Waals surface area contributed by atoms with Crippen molar-refractivity contribution in [3.63, 3.8) is 0 Å². The predicted octanol–water partition coefficient (Wildman–Crippen LogP) is 2.56. The molecular formula is C12H15N3. The minimum absolute atomic E-state index is 0.504. The molecule has 0 bridgehead atoms. The minimum Gasteiger partial charge on any atom is -0.369 e. The summed E-state index contributed by atoms with van der Waals surface area (Å²) < 4.78 is 0. The molecule has 1 N–H and O–H groups in total. The number of aromatic nitrogens is 1. The van der Waals surface area contributed by atoms with Crippen molar-refractivity contribution in [2.45, 2.75) is 26.2 Å². The van der Waals surface area contributed by atoms with E-state index in [4.69, 9.17) is 5.26 Å². The van der Waals surface area contributed by atoms with E-state index in [1.807, 2.05) is 0 Å². The third kappa shape index (κ3) is 2.27. The predicted molar refractivity (Wildman–Crippen MR) is 59.4 cm³/mol. The number of pyridine rings is 1. The zero-order chi connectivity index (χ0) is 10.7. The van der Waals surface area contributed by atoms with Crippen LogP contribution in [0, 0.1) is 16.7 Å². The summed E-state index contributed by atoms with van der Waals surface area (Å²) in [4.78, 5) is 4.19. The van der Waals surface area contributed by atoms with E-state index in [-0.39, 0.29) is 0 Å². The minimum atomic E-state index is 0.504. The Bertz CT molecular complexity index is 388. The lowest BCUT2D eigenvalue weighted by Crippen LogP contribution is -2.15. The lowest BCUT2D eigenvalue weighted by Gasteiger charge is -2.13. The fraction of sp³-hybridized carbons (Fsp3) is 0.500. The average Bonchev–Trinajstić information content (AvgIpc) is 3.07. The molecule has 1 aromatic rings. The zero-order valence-electron chi connectivity index (χ0n) is 8.95. The van der Waals surface area contributed by atoms with E-state index >= 15 is 0 Å². The van der Waals surface area contributed by atoms with Gasteiger partial charge in [-0.1, -0.05) is 6.92 Å². The van der Waals surface area contributed by atoms with E-state index < -0.39 is 0 Å². The highest BCUT2D eigenvalue weighted by molar-refractivity contribution is 5.42. The van der Waals surface area contributed by atoms with E-state index in [1.165, 1.54) is 19.3 Å². The summed E-state index contributed by atoms with van der Waals surface area (Å²) in [6.45, 7) is 3.21. The summed E-state index contributed by atoms with van der Waals surface area (Å²) >= 11 is 0. The van der Waals surface area contributed by atoms with E-state index in [2.05, 4.69) is 23.3 Å². The molecule has 1 saturated carbocycles. The molecule has 0 saturated heterocycles. The van der Waals surface area contributed by atoms with Crippen molar-refractivity contribution in [2.75, 3.05) is 11.9 Å². The molecular weight excluding hydrogens is 186 g/mol. The lowest BCUT2D eigenvalue weighted by molar-refractivity contribution is 0.521. The smallest absolute Gasteiger partial charge is 0.127 e. The Morgan fingerprint density at radius 2 is 2.40 bits per heavy atom. The van der Waals surface area contributed by atoms with Crippen molar-refractivity contribution in [3.05, 3.63) is 23.9 Å². The molecule has 0 atom stereocenters. The van der Waals surface area contributed by atoms with Crippen molar-refractivity contribution in [3.8, 4) is 6.07 Å². The van der Waals surface area contributed by atoms with Crippen LogP contribution in [0.1, 0.15) is 31.7 Å². The standard InChI is InChI=1S/C12H15N3/c1-2-12(4-5-12)9-15-11-7-10(8-13)3-6-14-11/h3,6-7H,2,4-5,9H2,1H3,(H,14,15). The summed E-state index contributed by atoms with van der Waals surface area (Å²) in [7, 11) is 0. The van der Waals surface area contributed by atoms with Gasteiger partial charge in [-0.3, -0.25) is 0 Å². The molecule has 1 aliphatic rings.